The summed E-state index contributed by atoms with van der Waals surface area (Å²) in [6, 6.07) is 5.47. The zero-order chi connectivity index (χ0) is 15.8. The van der Waals surface area contributed by atoms with Gasteiger partial charge in [0.05, 0.1) is 18.8 Å². The third-order valence-corrected chi connectivity index (χ3v) is 4.06. The summed E-state index contributed by atoms with van der Waals surface area (Å²) in [6.07, 6.45) is 2.17. The second-order valence-electron chi connectivity index (χ2n) is 5.53. The Morgan fingerprint density at radius 2 is 2.13 bits per heavy atom. The molecule has 0 radical (unpaired) electrons. The van der Waals surface area contributed by atoms with Crippen LogP contribution in [0.3, 0.4) is 0 Å². The van der Waals surface area contributed by atoms with Crippen LogP contribution in [0.2, 0.25) is 0 Å². The van der Waals surface area contributed by atoms with Crippen LogP contribution < -0.4 is 19.1 Å². The third kappa shape index (κ3) is 2.53. The largest absolute Gasteiger partial charge is 0.496 e. The normalized spacial score (nSPS) is 19.2. The standard InChI is InChI=1S/C16H17N3O4/c1-21-12-7-14-13(22-9-23-14)6-11(12)16-17-4-2-15(18-16)19-5-3-10(20)8-19/h2,4,6-7,10,20H,3,5,8-9H2,1H3. The second kappa shape index (κ2) is 5.58. The number of aliphatic hydroxyl groups is 1. The number of aromatic nitrogens is 2. The van der Waals surface area contributed by atoms with E-state index in [9.17, 15) is 5.11 Å². The quantitative estimate of drug-likeness (QED) is 0.918. The lowest BCUT2D eigenvalue weighted by Gasteiger charge is -2.17. The van der Waals surface area contributed by atoms with Crippen LogP contribution in [0.1, 0.15) is 6.42 Å². The number of benzene rings is 1. The van der Waals surface area contributed by atoms with Gasteiger partial charge < -0.3 is 24.2 Å². The Hall–Kier alpha value is -2.54. The van der Waals surface area contributed by atoms with Crippen molar-refractivity contribution in [3.8, 4) is 28.6 Å². The number of hydrogen-bond donors (Lipinski definition) is 1. The highest BCUT2D eigenvalue weighted by Gasteiger charge is 2.23. The molecule has 2 aliphatic rings. The number of methoxy groups -OCH3 is 1. The van der Waals surface area contributed by atoms with Crippen molar-refractivity contribution in [1.82, 2.24) is 9.97 Å². The van der Waals surface area contributed by atoms with Crippen LogP contribution >= 0.6 is 0 Å². The predicted octanol–water partition coefficient (Wildman–Crippen LogP) is 1.45. The minimum atomic E-state index is -0.298. The van der Waals surface area contributed by atoms with Gasteiger partial charge in [-0.15, -0.1) is 0 Å². The summed E-state index contributed by atoms with van der Waals surface area (Å²) in [4.78, 5) is 11.0. The first kappa shape index (κ1) is 14.1. The van der Waals surface area contributed by atoms with Gasteiger partial charge in [-0.25, -0.2) is 9.97 Å². The minimum absolute atomic E-state index is 0.203. The molecular weight excluding hydrogens is 298 g/mol. The number of β-amino-alcohol motifs (C(OH)–C–C–N with tert-alkyl or cyclic N) is 1. The fraction of sp³-hybridized carbons (Fsp3) is 0.375. The Kier molecular flexibility index (Phi) is 3.42. The van der Waals surface area contributed by atoms with Crippen molar-refractivity contribution in [2.45, 2.75) is 12.5 Å². The molecule has 7 heteroatoms. The lowest BCUT2D eigenvalue weighted by Crippen LogP contribution is -2.22. The van der Waals surface area contributed by atoms with Crippen molar-refractivity contribution in [2.75, 3.05) is 31.9 Å². The van der Waals surface area contributed by atoms with Gasteiger partial charge in [0.2, 0.25) is 6.79 Å². The molecule has 1 aromatic carbocycles. The molecule has 1 N–H and O–H groups in total. The molecule has 1 fully saturated rings. The number of nitrogens with zero attached hydrogens (tertiary/aromatic N) is 3. The van der Waals surface area contributed by atoms with Crippen molar-refractivity contribution in [1.29, 1.82) is 0 Å². The van der Waals surface area contributed by atoms with E-state index in [0.717, 1.165) is 24.3 Å². The van der Waals surface area contributed by atoms with Gasteiger partial charge in [0.1, 0.15) is 11.6 Å². The van der Waals surface area contributed by atoms with Crippen molar-refractivity contribution < 1.29 is 19.3 Å². The number of ether oxygens (including phenoxy) is 3. The summed E-state index contributed by atoms with van der Waals surface area (Å²) in [5, 5.41) is 9.70. The van der Waals surface area contributed by atoms with E-state index in [0.29, 0.717) is 29.6 Å². The Bertz CT molecular complexity index is 737. The van der Waals surface area contributed by atoms with Crippen LogP contribution in [-0.4, -0.2) is 48.2 Å². The lowest BCUT2D eigenvalue weighted by molar-refractivity contribution is 0.174. The van der Waals surface area contributed by atoms with E-state index in [4.69, 9.17) is 14.2 Å². The van der Waals surface area contributed by atoms with Crippen molar-refractivity contribution in [3.63, 3.8) is 0 Å². The summed E-state index contributed by atoms with van der Waals surface area (Å²) in [5.41, 5.74) is 0.748. The maximum absolute atomic E-state index is 9.70. The van der Waals surface area contributed by atoms with E-state index in [1.165, 1.54) is 0 Å². The Morgan fingerprint density at radius 3 is 2.87 bits per heavy atom. The average molecular weight is 315 g/mol. The fourth-order valence-electron chi connectivity index (χ4n) is 2.87. The van der Waals surface area contributed by atoms with Crippen LogP contribution in [0.15, 0.2) is 24.4 Å². The van der Waals surface area contributed by atoms with E-state index in [2.05, 4.69) is 14.9 Å². The molecule has 0 bridgehead atoms. The van der Waals surface area contributed by atoms with Gasteiger partial charge >= 0.3 is 0 Å². The van der Waals surface area contributed by atoms with Gasteiger partial charge in [0.15, 0.2) is 17.3 Å². The summed E-state index contributed by atoms with van der Waals surface area (Å²) < 4.78 is 16.2. The average Bonchev–Trinajstić information content (AvgIpc) is 3.22. The Labute approximate surface area is 133 Å². The highest BCUT2D eigenvalue weighted by atomic mass is 16.7. The highest BCUT2D eigenvalue weighted by molar-refractivity contribution is 5.70. The van der Waals surface area contributed by atoms with Crippen LogP contribution in [0.5, 0.6) is 17.2 Å². The van der Waals surface area contributed by atoms with Gasteiger partial charge in [0, 0.05) is 25.4 Å². The predicted molar refractivity (Wildman–Crippen MR) is 83.0 cm³/mol. The maximum atomic E-state index is 9.70. The number of aliphatic hydroxyl groups excluding tert-OH is 1. The molecule has 0 spiro atoms. The number of hydrogen-bond acceptors (Lipinski definition) is 7. The molecule has 1 atom stereocenters. The van der Waals surface area contributed by atoms with Crippen molar-refractivity contribution in [3.05, 3.63) is 24.4 Å². The van der Waals surface area contributed by atoms with E-state index in [1.54, 1.807) is 19.4 Å². The molecule has 3 heterocycles. The number of fused-ring (bicyclic) bond motifs is 1. The molecule has 1 saturated heterocycles. The zero-order valence-electron chi connectivity index (χ0n) is 12.7. The van der Waals surface area contributed by atoms with Crippen molar-refractivity contribution >= 4 is 5.82 Å². The van der Waals surface area contributed by atoms with E-state index < -0.39 is 0 Å². The molecule has 23 heavy (non-hydrogen) atoms. The fourth-order valence-corrected chi connectivity index (χ4v) is 2.87. The summed E-state index contributed by atoms with van der Waals surface area (Å²) in [5.74, 6) is 3.30. The molecule has 2 aliphatic heterocycles. The third-order valence-electron chi connectivity index (χ3n) is 4.06. The molecule has 0 amide bonds. The summed E-state index contributed by atoms with van der Waals surface area (Å²) in [6.45, 7) is 1.58. The monoisotopic (exact) mass is 315 g/mol. The molecule has 1 aromatic heterocycles. The second-order valence-corrected chi connectivity index (χ2v) is 5.53. The topological polar surface area (TPSA) is 76.9 Å². The Balaban J connectivity index is 1.73. The summed E-state index contributed by atoms with van der Waals surface area (Å²) in [7, 11) is 1.60. The first-order valence-electron chi connectivity index (χ1n) is 7.48. The first-order chi connectivity index (χ1) is 11.2. The molecular formula is C16H17N3O4. The SMILES string of the molecule is COc1cc2c(cc1-c1nccc(N3CCC(O)C3)n1)OCO2. The van der Waals surface area contributed by atoms with E-state index >= 15 is 0 Å². The van der Waals surface area contributed by atoms with Crippen LogP contribution in [-0.2, 0) is 0 Å². The first-order valence-corrected chi connectivity index (χ1v) is 7.48. The zero-order valence-corrected chi connectivity index (χ0v) is 12.7. The van der Waals surface area contributed by atoms with E-state index in [1.807, 2.05) is 12.1 Å². The number of anilines is 1. The molecule has 120 valence electrons. The summed E-state index contributed by atoms with van der Waals surface area (Å²) >= 11 is 0. The van der Waals surface area contributed by atoms with Crippen LogP contribution in [0, 0.1) is 0 Å². The van der Waals surface area contributed by atoms with Crippen LogP contribution in [0.4, 0.5) is 5.82 Å². The molecule has 0 saturated carbocycles. The van der Waals surface area contributed by atoms with Gasteiger partial charge in [0.25, 0.3) is 0 Å². The van der Waals surface area contributed by atoms with Crippen molar-refractivity contribution in [2.24, 2.45) is 0 Å². The molecule has 1 unspecified atom stereocenters. The molecule has 4 rings (SSSR count). The van der Waals surface area contributed by atoms with E-state index in [-0.39, 0.29) is 12.9 Å². The molecule has 2 aromatic rings. The number of rotatable bonds is 3. The molecule has 0 aliphatic carbocycles. The minimum Gasteiger partial charge on any atom is -0.496 e. The van der Waals surface area contributed by atoms with Gasteiger partial charge in [-0.2, -0.15) is 0 Å². The smallest absolute Gasteiger partial charge is 0.231 e. The van der Waals surface area contributed by atoms with Crippen LogP contribution in [0.25, 0.3) is 11.4 Å². The molecule has 7 nitrogen and oxygen atoms in total. The van der Waals surface area contributed by atoms with Gasteiger partial charge in [-0.05, 0) is 18.6 Å². The van der Waals surface area contributed by atoms with Gasteiger partial charge in [-0.3, -0.25) is 0 Å². The van der Waals surface area contributed by atoms with Gasteiger partial charge in [-0.1, -0.05) is 0 Å². The highest BCUT2D eigenvalue weighted by Crippen LogP contribution is 2.41. The lowest BCUT2D eigenvalue weighted by atomic mass is 10.1. The maximum Gasteiger partial charge on any atom is 0.231 e. The Morgan fingerprint density at radius 1 is 1.30 bits per heavy atom.